The van der Waals surface area contributed by atoms with E-state index in [9.17, 15) is 36.2 Å². The predicted molar refractivity (Wildman–Crippen MR) is 109 cm³/mol. The van der Waals surface area contributed by atoms with Crippen LogP contribution in [0.5, 0.6) is 0 Å². The minimum absolute atomic E-state index is 0.0967. The standard InChI is InChI=1S/C22H19F6N3O2/c23-21(24,25)20(33,22(26,27)28)17-5-1-13(2-6-17)12-31-18-7-3-14(16(10-29)11-30)9-15(18)4-8-19(31)32/h1-3,5-7,9-11,16,29-30,33H,4,8,12H2. The summed E-state index contributed by atoms with van der Waals surface area (Å²) < 4.78 is 78.4. The molecular formula is C22H19F6N3O2. The van der Waals surface area contributed by atoms with Crippen LogP contribution in [0.2, 0.25) is 0 Å². The fraction of sp³-hybridized carbons (Fsp3) is 0.318. The number of hydrogen-bond acceptors (Lipinski definition) is 4. The maximum absolute atomic E-state index is 13.1. The molecule has 3 N–H and O–H groups in total. The van der Waals surface area contributed by atoms with Crippen molar-refractivity contribution in [2.24, 2.45) is 0 Å². The van der Waals surface area contributed by atoms with Crippen molar-refractivity contribution in [3.63, 3.8) is 0 Å². The molecule has 1 aliphatic rings. The summed E-state index contributed by atoms with van der Waals surface area (Å²) in [6.45, 7) is -0.0967. The van der Waals surface area contributed by atoms with Crippen molar-refractivity contribution in [1.29, 1.82) is 10.8 Å². The molecule has 2 aromatic rings. The third kappa shape index (κ3) is 4.37. The van der Waals surface area contributed by atoms with Crippen LogP contribution in [0, 0.1) is 10.8 Å². The smallest absolute Gasteiger partial charge is 0.369 e. The first-order chi connectivity index (χ1) is 15.3. The number of aliphatic hydroxyl groups is 1. The molecule has 0 aliphatic carbocycles. The monoisotopic (exact) mass is 471 g/mol. The van der Waals surface area contributed by atoms with Gasteiger partial charge in [-0.1, -0.05) is 36.4 Å². The van der Waals surface area contributed by atoms with Gasteiger partial charge in [-0.3, -0.25) is 4.79 Å². The number of fused-ring (bicyclic) bond motifs is 1. The Balaban J connectivity index is 1.91. The number of halogens is 6. The lowest BCUT2D eigenvalue weighted by atomic mass is 9.91. The zero-order valence-corrected chi connectivity index (χ0v) is 17.0. The SMILES string of the molecule is N=CC(C=N)c1ccc2c(c1)CCC(=O)N2Cc1ccc(C(O)(C(F)(F)F)C(F)(F)F)cc1. The van der Waals surface area contributed by atoms with Crippen molar-refractivity contribution in [2.75, 3.05) is 4.90 Å². The van der Waals surface area contributed by atoms with Gasteiger partial charge in [0.2, 0.25) is 5.91 Å². The van der Waals surface area contributed by atoms with Gasteiger partial charge < -0.3 is 20.8 Å². The Bertz CT molecular complexity index is 1040. The number of aryl methyl sites for hydroxylation is 1. The largest absolute Gasteiger partial charge is 0.430 e. The van der Waals surface area contributed by atoms with Gasteiger partial charge in [-0.2, -0.15) is 26.3 Å². The van der Waals surface area contributed by atoms with Crippen molar-refractivity contribution >= 4 is 24.0 Å². The fourth-order valence-corrected chi connectivity index (χ4v) is 3.72. The van der Waals surface area contributed by atoms with Crippen molar-refractivity contribution < 1.29 is 36.2 Å². The highest BCUT2D eigenvalue weighted by atomic mass is 19.4. The molecule has 2 aromatic carbocycles. The number of hydrogen-bond donors (Lipinski definition) is 3. The zero-order chi connectivity index (χ0) is 24.6. The quantitative estimate of drug-likeness (QED) is 0.415. The number of carbonyl (C=O) groups excluding carboxylic acids is 1. The molecule has 0 atom stereocenters. The number of anilines is 1. The Kier molecular flexibility index (Phi) is 6.38. The molecule has 0 spiro atoms. The molecule has 1 heterocycles. The number of carbonyl (C=O) groups is 1. The van der Waals surface area contributed by atoms with E-state index in [0.717, 1.165) is 30.1 Å². The molecule has 0 bridgehead atoms. The third-order valence-electron chi connectivity index (χ3n) is 5.58. The van der Waals surface area contributed by atoms with Gasteiger partial charge in [-0.05, 0) is 29.2 Å². The maximum Gasteiger partial charge on any atom is 0.430 e. The van der Waals surface area contributed by atoms with Crippen molar-refractivity contribution in [3.8, 4) is 0 Å². The second kappa shape index (κ2) is 8.62. The lowest BCUT2D eigenvalue weighted by Crippen LogP contribution is -2.53. The second-order valence-corrected chi connectivity index (χ2v) is 7.63. The van der Waals surface area contributed by atoms with Crippen molar-refractivity contribution in [1.82, 2.24) is 0 Å². The van der Waals surface area contributed by atoms with E-state index >= 15 is 0 Å². The fourth-order valence-electron chi connectivity index (χ4n) is 3.72. The Hall–Kier alpha value is -3.21. The van der Waals surface area contributed by atoms with Crippen LogP contribution in [-0.4, -0.2) is 35.8 Å². The van der Waals surface area contributed by atoms with Crippen LogP contribution in [0.4, 0.5) is 32.0 Å². The van der Waals surface area contributed by atoms with Gasteiger partial charge in [-0.15, -0.1) is 0 Å². The molecular weight excluding hydrogens is 452 g/mol. The molecule has 0 radical (unpaired) electrons. The van der Waals surface area contributed by atoms with E-state index in [1.165, 1.54) is 4.90 Å². The summed E-state index contributed by atoms with van der Waals surface area (Å²) in [5.41, 5.74) is -4.10. The first-order valence-electron chi connectivity index (χ1n) is 9.73. The number of rotatable bonds is 6. The second-order valence-electron chi connectivity index (χ2n) is 7.63. The molecule has 0 saturated carbocycles. The van der Waals surface area contributed by atoms with Crippen LogP contribution in [-0.2, 0) is 23.4 Å². The van der Waals surface area contributed by atoms with E-state index in [4.69, 9.17) is 10.8 Å². The molecule has 1 aliphatic heterocycles. The summed E-state index contributed by atoms with van der Waals surface area (Å²) >= 11 is 0. The molecule has 33 heavy (non-hydrogen) atoms. The van der Waals surface area contributed by atoms with Gasteiger partial charge >= 0.3 is 12.4 Å². The Morgan fingerprint density at radius 2 is 1.52 bits per heavy atom. The molecule has 0 fully saturated rings. The van der Waals surface area contributed by atoms with Crippen LogP contribution >= 0.6 is 0 Å². The summed E-state index contributed by atoms with van der Waals surface area (Å²) in [6.07, 6.45) is -9.18. The summed E-state index contributed by atoms with van der Waals surface area (Å²) in [4.78, 5) is 13.9. The van der Waals surface area contributed by atoms with Crippen molar-refractivity contribution in [3.05, 3.63) is 64.7 Å². The first-order valence-corrected chi connectivity index (χ1v) is 9.73. The van der Waals surface area contributed by atoms with E-state index < -0.39 is 29.4 Å². The molecule has 0 saturated heterocycles. The predicted octanol–water partition coefficient (Wildman–Crippen LogP) is 4.86. The third-order valence-corrected chi connectivity index (χ3v) is 5.58. The van der Waals surface area contributed by atoms with Crippen LogP contribution < -0.4 is 4.90 Å². The maximum atomic E-state index is 13.1. The zero-order valence-electron chi connectivity index (χ0n) is 17.0. The highest BCUT2D eigenvalue weighted by Gasteiger charge is 2.71. The lowest BCUT2D eigenvalue weighted by Gasteiger charge is -2.33. The van der Waals surface area contributed by atoms with E-state index in [1.807, 2.05) is 0 Å². The van der Waals surface area contributed by atoms with Gasteiger partial charge in [0.05, 0.1) is 12.5 Å². The van der Waals surface area contributed by atoms with Crippen LogP contribution in [0.25, 0.3) is 0 Å². The van der Waals surface area contributed by atoms with Gasteiger partial charge in [0.15, 0.2) is 0 Å². The van der Waals surface area contributed by atoms with Crippen LogP contribution in [0.3, 0.4) is 0 Å². The van der Waals surface area contributed by atoms with Gasteiger partial charge in [0.1, 0.15) is 0 Å². The van der Waals surface area contributed by atoms with E-state index in [0.29, 0.717) is 29.8 Å². The van der Waals surface area contributed by atoms with Gasteiger partial charge in [-0.25, -0.2) is 0 Å². The van der Waals surface area contributed by atoms with Crippen LogP contribution in [0.15, 0.2) is 42.5 Å². The number of amides is 1. The minimum Gasteiger partial charge on any atom is -0.369 e. The van der Waals surface area contributed by atoms with E-state index in [1.54, 1.807) is 18.2 Å². The lowest BCUT2D eigenvalue weighted by molar-refractivity contribution is -0.376. The van der Waals surface area contributed by atoms with Gasteiger partial charge in [0.25, 0.3) is 5.60 Å². The molecule has 11 heteroatoms. The highest BCUT2D eigenvalue weighted by molar-refractivity contribution is 5.96. The average Bonchev–Trinajstić information content (AvgIpc) is 2.75. The normalized spacial score (nSPS) is 15.7. The Morgan fingerprint density at radius 1 is 0.939 bits per heavy atom. The number of alkyl halides is 6. The number of benzene rings is 2. The average molecular weight is 471 g/mol. The highest BCUT2D eigenvalue weighted by Crippen LogP contribution is 2.50. The topological polar surface area (TPSA) is 88.2 Å². The molecule has 176 valence electrons. The minimum atomic E-state index is -5.98. The van der Waals surface area contributed by atoms with E-state index in [-0.39, 0.29) is 24.4 Å². The molecule has 0 unspecified atom stereocenters. The first kappa shape index (κ1) is 24.4. The number of nitrogens with zero attached hydrogens (tertiary/aromatic N) is 1. The van der Waals surface area contributed by atoms with Crippen LogP contribution in [0.1, 0.15) is 34.6 Å². The molecule has 0 aromatic heterocycles. The number of nitrogens with one attached hydrogen (secondary N) is 2. The Morgan fingerprint density at radius 3 is 2.03 bits per heavy atom. The Labute approximate surface area is 184 Å². The summed E-state index contributed by atoms with van der Waals surface area (Å²) in [7, 11) is 0. The summed E-state index contributed by atoms with van der Waals surface area (Å²) in [6, 6.07) is 8.18. The molecule has 3 rings (SSSR count). The summed E-state index contributed by atoms with van der Waals surface area (Å²) in [5.74, 6) is -0.785. The molecule has 5 nitrogen and oxygen atoms in total. The summed E-state index contributed by atoms with van der Waals surface area (Å²) in [5, 5.41) is 24.3. The van der Waals surface area contributed by atoms with Crippen molar-refractivity contribution in [2.45, 2.75) is 43.3 Å². The van der Waals surface area contributed by atoms with E-state index in [2.05, 4.69) is 0 Å². The van der Waals surface area contributed by atoms with Gasteiger partial charge in [0, 0.05) is 30.1 Å². The molecule has 1 amide bonds.